The largest absolute Gasteiger partial charge is 0.494 e. The molecular formula is C13H16Br2O. The van der Waals surface area contributed by atoms with Gasteiger partial charge in [0.2, 0.25) is 0 Å². The average Bonchev–Trinajstić information content (AvgIpc) is 2.68. The predicted octanol–water partition coefficient (Wildman–Crippen LogP) is 4.78. The van der Waals surface area contributed by atoms with Crippen molar-refractivity contribution in [3.8, 4) is 5.75 Å². The predicted molar refractivity (Wildman–Crippen MR) is 74.3 cm³/mol. The number of halogens is 2. The lowest BCUT2D eigenvalue weighted by Crippen LogP contribution is -2.11. The van der Waals surface area contributed by atoms with Gasteiger partial charge >= 0.3 is 0 Å². The van der Waals surface area contributed by atoms with Crippen LogP contribution in [0.3, 0.4) is 0 Å². The molecule has 1 aliphatic rings. The van der Waals surface area contributed by atoms with Gasteiger partial charge in [-0.15, -0.1) is 0 Å². The van der Waals surface area contributed by atoms with Crippen molar-refractivity contribution in [3.05, 3.63) is 28.7 Å². The number of ether oxygens (including phenoxy) is 1. The minimum atomic E-state index is 0.709. The standard InChI is InChI=1S/C13H16Br2O/c14-11-4-6-12(7-5-11)16-9-8-10-2-1-3-13(10)15/h4-7,10,13H,1-3,8-9H2. The van der Waals surface area contributed by atoms with E-state index in [9.17, 15) is 0 Å². The van der Waals surface area contributed by atoms with Crippen LogP contribution in [-0.4, -0.2) is 11.4 Å². The molecule has 1 fully saturated rings. The van der Waals surface area contributed by atoms with Gasteiger partial charge in [0.1, 0.15) is 5.75 Å². The Morgan fingerprint density at radius 1 is 1.19 bits per heavy atom. The van der Waals surface area contributed by atoms with Crippen molar-refractivity contribution in [1.82, 2.24) is 0 Å². The Balaban J connectivity index is 1.73. The molecule has 0 saturated heterocycles. The van der Waals surface area contributed by atoms with Crippen LogP contribution in [0.15, 0.2) is 28.7 Å². The molecular weight excluding hydrogens is 332 g/mol. The summed E-state index contributed by atoms with van der Waals surface area (Å²) in [6, 6.07) is 8.03. The van der Waals surface area contributed by atoms with Gasteiger partial charge in [0, 0.05) is 9.30 Å². The normalized spacial score (nSPS) is 24.6. The molecule has 0 amide bonds. The first kappa shape index (κ1) is 12.4. The van der Waals surface area contributed by atoms with E-state index in [0.717, 1.165) is 29.2 Å². The molecule has 0 N–H and O–H groups in total. The summed E-state index contributed by atoms with van der Waals surface area (Å²) in [4.78, 5) is 0.709. The molecule has 2 unspecified atom stereocenters. The first-order valence-corrected chi connectivity index (χ1v) is 7.49. The third-order valence-corrected chi connectivity index (χ3v) is 4.87. The van der Waals surface area contributed by atoms with Crippen LogP contribution in [0.5, 0.6) is 5.75 Å². The van der Waals surface area contributed by atoms with Gasteiger partial charge in [0.25, 0.3) is 0 Å². The third-order valence-electron chi connectivity index (χ3n) is 3.14. The summed E-state index contributed by atoms with van der Waals surface area (Å²) in [6.07, 6.45) is 5.19. The molecule has 16 heavy (non-hydrogen) atoms. The van der Waals surface area contributed by atoms with Crippen LogP contribution >= 0.6 is 31.9 Å². The fourth-order valence-corrected chi connectivity index (χ4v) is 3.29. The lowest BCUT2D eigenvalue weighted by atomic mass is 10.1. The van der Waals surface area contributed by atoms with E-state index in [0.29, 0.717) is 4.83 Å². The quantitative estimate of drug-likeness (QED) is 0.712. The van der Waals surface area contributed by atoms with E-state index in [-0.39, 0.29) is 0 Å². The molecule has 2 rings (SSSR count). The van der Waals surface area contributed by atoms with E-state index in [1.165, 1.54) is 19.3 Å². The highest BCUT2D eigenvalue weighted by Gasteiger charge is 2.24. The smallest absolute Gasteiger partial charge is 0.119 e. The molecule has 3 heteroatoms. The van der Waals surface area contributed by atoms with Crippen molar-refractivity contribution in [1.29, 1.82) is 0 Å². The van der Waals surface area contributed by atoms with E-state index in [2.05, 4.69) is 31.9 Å². The maximum Gasteiger partial charge on any atom is 0.119 e. The summed E-state index contributed by atoms with van der Waals surface area (Å²) in [5, 5.41) is 0. The molecule has 1 aliphatic carbocycles. The molecule has 0 aliphatic heterocycles. The van der Waals surface area contributed by atoms with Gasteiger partial charge in [0.05, 0.1) is 6.61 Å². The second kappa shape index (κ2) is 6.06. The summed E-state index contributed by atoms with van der Waals surface area (Å²) in [5.74, 6) is 1.77. The first-order valence-electron chi connectivity index (χ1n) is 5.78. The van der Waals surface area contributed by atoms with Crippen LogP contribution in [0, 0.1) is 5.92 Å². The Hall–Kier alpha value is -0.0200. The zero-order chi connectivity index (χ0) is 11.4. The molecule has 0 aromatic heterocycles. The highest BCUT2D eigenvalue weighted by Crippen LogP contribution is 2.33. The van der Waals surface area contributed by atoms with Crippen LogP contribution in [0.2, 0.25) is 0 Å². The zero-order valence-electron chi connectivity index (χ0n) is 9.16. The molecule has 88 valence electrons. The van der Waals surface area contributed by atoms with E-state index in [4.69, 9.17) is 4.74 Å². The number of alkyl halides is 1. The summed E-state index contributed by atoms with van der Waals surface area (Å²) >= 11 is 7.15. The third kappa shape index (κ3) is 3.49. The lowest BCUT2D eigenvalue weighted by Gasteiger charge is -2.14. The van der Waals surface area contributed by atoms with E-state index < -0.39 is 0 Å². The molecule has 1 nitrogen and oxygen atoms in total. The topological polar surface area (TPSA) is 9.23 Å². The number of benzene rings is 1. The Morgan fingerprint density at radius 2 is 1.94 bits per heavy atom. The van der Waals surface area contributed by atoms with Gasteiger partial charge in [0.15, 0.2) is 0 Å². The Bertz CT molecular complexity index is 323. The van der Waals surface area contributed by atoms with Crippen molar-refractivity contribution in [2.75, 3.05) is 6.61 Å². The van der Waals surface area contributed by atoms with Crippen molar-refractivity contribution in [2.45, 2.75) is 30.5 Å². The van der Waals surface area contributed by atoms with E-state index in [1.807, 2.05) is 24.3 Å². The summed E-state index contributed by atoms with van der Waals surface area (Å²) in [7, 11) is 0. The lowest BCUT2D eigenvalue weighted by molar-refractivity contribution is 0.281. The monoisotopic (exact) mass is 346 g/mol. The van der Waals surface area contributed by atoms with Gasteiger partial charge in [-0.2, -0.15) is 0 Å². The molecule has 0 heterocycles. The summed E-state index contributed by atoms with van der Waals surface area (Å²) in [5.41, 5.74) is 0. The van der Waals surface area contributed by atoms with Crippen molar-refractivity contribution in [3.63, 3.8) is 0 Å². The molecule has 1 aromatic carbocycles. The highest BCUT2D eigenvalue weighted by atomic mass is 79.9. The first-order chi connectivity index (χ1) is 7.75. The van der Waals surface area contributed by atoms with Crippen LogP contribution in [0.4, 0.5) is 0 Å². The van der Waals surface area contributed by atoms with Gasteiger partial charge in [-0.25, -0.2) is 0 Å². The van der Waals surface area contributed by atoms with Crippen molar-refractivity contribution >= 4 is 31.9 Å². The Morgan fingerprint density at radius 3 is 2.56 bits per heavy atom. The zero-order valence-corrected chi connectivity index (χ0v) is 12.3. The van der Waals surface area contributed by atoms with Gasteiger partial charge in [-0.1, -0.05) is 38.3 Å². The molecule has 1 saturated carbocycles. The highest BCUT2D eigenvalue weighted by molar-refractivity contribution is 9.10. The van der Waals surface area contributed by atoms with Crippen molar-refractivity contribution < 1.29 is 4.74 Å². The second-order valence-electron chi connectivity index (χ2n) is 4.30. The molecule has 0 spiro atoms. The molecule has 0 radical (unpaired) electrons. The molecule has 2 atom stereocenters. The minimum absolute atomic E-state index is 0.709. The van der Waals surface area contributed by atoms with Crippen LogP contribution in [0.25, 0.3) is 0 Å². The number of hydrogen-bond acceptors (Lipinski definition) is 1. The number of rotatable bonds is 4. The van der Waals surface area contributed by atoms with E-state index >= 15 is 0 Å². The van der Waals surface area contributed by atoms with Gasteiger partial charge in [-0.05, 0) is 49.4 Å². The van der Waals surface area contributed by atoms with E-state index in [1.54, 1.807) is 0 Å². The fourth-order valence-electron chi connectivity index (χ4n) is 2.18. The molecule has 0 bridgehead atoms. The molecule has 1 aromatic rings. The minimum Gasteiger partial charge on any atom is -0.494 e. The maximum absolute atomic E-state index is 5.73. The number of hydrogen-bond donors (Lipinski definition) is 0. The van der Waals surface area contributed by atoms with Crippen LogP contribution in [0.1, 0.15) is 25.7 Å². The van der Waals surface area contributed by atoms with Crippen LogP contribution in [-0.2, 0) is 0 Å². The fraction of sp³-hybridized carbons (Fsp3) is 0.538. The average molecular weight is 348 g/mol. The van der Waals surface area contributed by atoms with Gasteiger partial charge in [-0.3, -0.25) is 0 Å². The summed E-state index contributed by atoms with van der Waals surface area (Å²) in [6.45, 7) is 0.828. The van der Waals surface area contributed by atoms with Gasteiger partial charge < -0.3 is 4.74 Å². The maximum atomic E-state index is 5.73. The Labute approximate surface area is 114 Å². The summed E-state index contributed by atoms with van der Waals surface area (Å²) < 4.78 is 6.82. The Kier molecular flexibility index (Phi) is 4.71. The van der Waals surface area contributed by atoms with Crippen LogP contribution < -0.4 is 4.74 Å². The van der Waals surface area contributed by atoms with Crippen molar-refractivity contribution in [2.24, 2.45) is 5.92 Å². The second-order valence-corrected chi connectivity index (χ2v) is 6.39. The SMILES string of the molecule is Brc1ccc(OCCC2CCCC2Br)cc1.